The lowest BCUT2D eigenvalue weighted by Crippen LogP contribution is -2.01. The Morgan fingerprint density at radius 2 is 1.95 bits per heavy atom. The third kappa shape index (κ3) is 2.09. The van der Waals surface area contributed by atoms with Crippen LogP contribution in [-0.4, -0.2) is 15.0 Å². The molecule has 0 aliphatic carbocycles. The van der Waals surface area contributed by atoms with Gasteiger partial charge in [0.15, 0.2) is 10.4 Å². The molecule has 1 aromatic carbocycles. The molecule has 0 fully saturated rings. The highest BCUT2D eigenvalue weighted by Gasteiger charge is 2.13. The van der Waals surface area contributed by atoms with Crippen molar-refractivity contribution < 1.29 is 8.78 Å². The maximum atomic E-state index is 14.0. The molecular weight excluding hydrogens is 330 g/mol. The molecule has 0 spiro atoms. The van der Waals surface area contributed by atoms with Gasteiger partial charge < -0.3 is 5.73 Å². The van der Waals surface area contributed by atoms with Gasteiger partial charge in [-0.2, -0.15) is 9.37 Å². The molecule has 4 nitrogen and oxygen atoms in total. The fraction of sp³-hybridized carbons (Fsp3) is 0. The second kappa shape index (κ2) is 4.75. The van der Waals surface area contributed by atoms with E-state index in [2.05, 4.69) is 30.9 Å². The average molecular weight is 337 g/mol. The van der Waals surface area contributed by atoms with Gasteiger partial charge in [0.05, 0.1) is 0 Å². The van der Waals surface area contributed by atoms with Crippen molar-refractivity contribution in [1.29, 1.82) is 0 Å². The van der Waals surface area contributed by atoms with E-state index < -0.39 is 11.8 Å². The Morgan fingerprint density at radius 1 is 1.15 bits per heavy atom. The number of nitrogen functional groups attached to an aromatic ring is 1. The zero-order valence-electron chi connectivity index (χ0n) is 9.94. The van der Waals surface area contributed by atoms with Crippen molar-refractivity contribution in [3.05, 3.63) is 47.0 Å². The summed E-state index contributed by atoms with van der Waals surface area (Å²) in [4.78, 5) is 11.4. The third-order valence-electron chi connectivity index (χ3n) is 2.82. The van der Waals surface area contributed by atoms with Crippen molar-refractivity contribution in [3.63, 3.8) is 0 Å². The molecule has 0 radical (unpaired) electrons. The Kier molecular flexibility index (Phi) is 3.06. The van der Waals surface area contributed by atoms with Crippen molar-refractivity contribution in [2.75, 3.05) is 5.73 Å². The Bertz CT molecular complexity index is 823. The number of nitrogens with two attached hydrogens (primary N) is 1. The standard InChI is InChI=1S/C13H7BrF2N4/c14-11-12(16)20-13(17)10(19-11)7-3-6-1-2-18-5-8(6)9(15)4-7/h1-5H,(H2,17,20). The van der Waals surface area contributed by atoms with Gasteiger partial charge in [0.1, 0.15) is 11.5 Å². The summed E-state index contributed by atoms with van der Waals surface area (Å²) in [6, 6.07) is 4.64. The lowest BCUT2D eigenvalue weighted by molar-refractivity contribution is 0.571. The minimum absolute atomic E-state index is 0.0723. The van der Waals surface area contributed by atoms with E-state index in [1.54, 1.807) is 18.3 Å². The number of nitrogens with zero attached hydrogens (tertiary/aromatic N) is 3. The molecule has 0 atom stereocenters. The van der Waals surface area contributed by atoms with Crippen molar-refractivity contribution >= 4 is 32.5 Å². The SMILES string of the molecule is Nc1nc(F)c(Br)nc1-c1cc(F)c2cnccc2c1. The monoisotopic (exact) mass is 336 g/mol. The molecule has 0 aliphatic rings. The molecule has 0 unspecified atom stereocenters. The largest absolute Gasteiger partial charge is 0.382 e. The van der Waals surface area contributed by atoms with Crippen LogP contribution in [0.5, 0.6) is 0 Å². The predicted molar refractivity (Wildman–Crippen MR) is 74.8 cm³/mol. The van der Waals surface area contributed by atoms with E-state index in [0.29, 0.717) is 16.3 Å². The van der Waals surface area contributed by atoms with E-state index >= 15 is 0 Å². The fourth-order valence-corrected chi connectivity index (χ4v) is 2.18. The quantitative estimate of drug-likeness (QED) is 0.740. The van der Waals surface area contributed by atoms with Gasteiger partial charge in [0.25, 0.3) is 0 Å². The van der Waals surface area contributed by atoms with Crippen molar-refractivity contribution in [2.45, 2.75) is 0 Å². The van der Waals surface area contributed by atoms with Gasteiger partial charge in [-0.05, 0) is 39.5 Å². The van der Waals surface area contributed by atoms with E-state index in [0.717, 1.165) is 0 Å². The van der Waals surface area contributed by atoms with Gasteiger partial charge in [-0.3, -0.25) is 4.98 Å². The van der Waals surface area contributed by atoms with Crippen LogP contribution in [0.15, 0.2) is 35.2 Å². The summed E-state index contributed by atoms with van der Waals surface area (Å²) in [7, 11) is 0. The van der Waals surface area contributed by atoms with Gasteiger partial charge in [-0.1, -0.05) is 0 Å². The summed E-state index contributed by atoms with van der Waals surface area (Å²) >= 11 is 2.94. The van der Waals surface area contributed by atoms with Crippen LogP contribution in [0.3, 0.4) is 0 Å². The first-order valence-corrected chi connectivity index (χ1v) is 6.37. The number of hydrogen-bond acceptors (Lipinski definition) is 4. The first-order chi connectivity index (χ1) is 9.56. The lowest BCUT2D eigenvalue weighted by Gasteiger charge is -2.07. The maximum Gasteiger partial charge on any atom is 0.247 e. The molecule has 3 rings (SSSR count). The minimum Gasteiger partial charge on any atom is -0.382 e. The summed E-state index contributed by atoms with van der Waals surface area (Å²) in [5.41, 5.74) is 6.29. The Balaban J connectivity index is 2.27. The maximum absolute atomic E-state index is 14.0. The number of halogens is 3. The molecule has 2 aromatic heterocycles. The van der Waals surface area contributed by atoms with Crippen LogP contribution in [0.25, 0.3) is 22.0 Å². The number of rotatable bonds is 1. The van der Waals surface area contributed by atoms with Crippen LogP contribution in [0.2, 0.25) is 0 Å². The number of benzene rings is 1. The zero-order chi connectivity index (χ0) is 14.3. The van der Waals surface area contributed by atoms with Crippen molar-refractivity contribution in [2.24, 2.45) is 0 Å². The summed E-state index contributed by atoms with van der Waals surface area (Å²) < 4.78 is 27.2. The van der Waals surface area contributed by atoms with Crippen LogP contribution in [-0.2, 0) is 0 Å². The number of pyridine rings is 1. The molecule has 0 saturated heterocycles. The van der Waals surface area contributed by atoms with Gasteiger partial charge in [-0.25, -0.2) is 9.37 Å². The Hall–Kier alpha value is -2.15. The summed E-state index contributed by atoms with van der Waals surface area (Å²) in [5, 5.41) is 1.04. The summed E-state index contributed by atoms with van der Waals surface area (Å²) in [6.45, 7) is 0. The number of fused-ring (bicyclic) bond motifs is 1. The first-order valence-electron chi connectivity index (χ1n) is 5.58. The smallest absolute Gasteiger partial charge is 0.247 e. The molecular formula is C13H7BrF2N4. The predicted octanol–water partition coefficient (Wildman–Crippen LogP) is 3.31. The molecule has 0 saturated carbocycles. The summed E-state index contributed by atoms with van der Waals surface area (Å²) in [5.74, 6) is -1.36. The molecule has 20 heavy (non-hydrogen) atoms. The topological polar surface area (TPSA) is 64.7 Å². The third-order valence-corrected chi connectivity index (χ3v) is 3.32. The summed E-state index contributed by atoms with van der Waals surface area (Å²) in [6.07, 6.45) is 2.99. The van der Waals surface area contributed by atoms with E-state index in [9.17, 15) is 8.78 Å². The highest BCUT2D eigenvalue weighted by molar-refractivity contribution is 9.10. The second-order valence-electron chi connectivity index (χ2n) is 4.09. The first kappa shape index (κ1) is 12.9. The number of aromatic nitrogens is 3. The molecule has 7 heteroatoms. The lowest BCUT2D eigenvalue weighted by atomic mass is 10.1. The highest BCUT2D eigenvalue weighted by Crippen LogP contribution is 2.29. The number of anilines is 1. The van der Waals surface area contributed by atoms with Crippen LogP contribution >= 0.6 is 15.9 Å². The van der Waals surface area contributed by atoms with Crippen LogP contribution in [0.1, 0.15) is 0 Å². The average Bonchev–Trinajstić information content (AvgIpc) is 2.43. The van der Waals surface area contributed by atoms with Gasteiger partial charge in [0.2, 0.25) is 5.95 Å². The molecule has 3 aromatic rings. The Labute approximate surface area is 120 Å². The Morgan fingerprint density at radius 3 is 2.75 bits per heavy atom. The molecule has 100 valence electrons. The van der Waals surface area contributed by atoms with Crippen LogP contribution < -0.4 is 5.73 Å². The van der Waals surface area contributed by atoms with Crippen molar-refractivity contribution in [1.82, 2.24) is 15.0 Å². The second-order valence-corrected chi connectivity index (χ2v) is 4.85. The van der Waals surface area contributed by atoms with E-state index in [1.807, 2.05) is 0 Å². The van der Waals surface area contributed by atoms with E-state index in [1.165, 1.54) is 12.3 Å². The molecule has 2 N–H and O–H groups in total. The van der Waals surface area contributed by atoms with Crippen LogP contribution in [0, 0.1) is 11.8 Å². The normalized spacial score (nSPS) is 10.9. The zero-order valence-corrected chi connectivity index (χ0v) is 11.5. The molecule has 0 amide bonds. The minimum atomic E-state index is -0.809. The van der Waals surface area contributed by atoms with Crippen molar-refractivity contribution in [3.8, 4) is 11.3 Å². The molecule has 0 aliphatic heterocycles. The highest BCUT2D eigenvalue weighted by atomic mass is 79.9. The molecule has 2 heterocycles. The van der Waals surface area contributed by atoms with E-state index in [-0.39, 0.29) is 16.1 Å². The fourth-order valence-electron chi connectivity index (χ4n) is 1.91. The molecule has 0 bridgehead atoms. The van der Waals surface area contributed by atoms with Gasteiger partial charge in [0, 0.05) is 23.3 Å². The van der Waals surface area contributed by atoms with Gasteiger partial charge in [-0.15, -0.1) is 0 Å². The van der Waals surface area contributed by atoms with Gasteiger partial charge >= 0.3 is 0 Å². The van der Waals surface area contributed by atoms with Crippen LogP contribution in [0.4, 0.5) is 14.6 Å². The number of hydrogen-bond donors (Lipinski definition) is 1. The van der Waals surface area contributed by atoms with E-state index in [4.69, 9.17) is 5.73 Å².